The molecule has 0 aromatic heterocycles. The quantitative estimate of drug-likeness (QED) is 0.773. The predicted molar refractivity (Wildman–Crippen MR) is 89.1 cm³/mol. The first kappa shape index (κ1) is 16.5. The maximum atomic E-state index is 11.7. The van der Waals surface area contributed by atoms with Crippen molar-refractivity contribution in [2.24, 2.45) is 0 Å². The first-order chi connectivity index (χ1) is 11.1. The third-order valence-corrected chi connectivity index (χ3v) is 3.50. The Morgan fingerprint density at radius 2 is 1.57 bits per heavy atom. The van der Waals surface area contributed by atoms with Crippen LogP contribution in [0, 0.1) is 0 Å². The minimum atomic E-state index is -1.14. The lowest BCUT2D eigenvalue weighted by Gasteiger charge is -2.18. The predicted octanol–water partition coefficient (Wildman–Crippen LogP) is 2.77. The van der Waals surface area contributed by atoms with Gasteiger partial charge in [0.2, 0.25) is 5.91 Å². The number of carbonyl (C=O) groups is 2. The van der Waals surface area contributed by atoms with Gasteiger partial charge in [0.25, 0.3) is 0 Å². The number of rotatable bonds is 7. The van der Waals surface area contributed by atoms with E-state index < -0.39 is 11.9 Å². The van der Waals surface area contributed by atoms with Crippen LogP contribution in [0.15, 0.2) is 72.8 Å². The second-order valence-corrected chi connectivity index (χ2v) is 5.21. The van der Waals surface area contributed by atoms with Crippen molar-refractivity contribution in [3.63, 3.8) is 0 Å². The number of hydrogen-bond acceptors (Lipinski definition) is 2. The van der Waals surface area contributed by atoms with E-state index in [-0.39, 0.29) is 5.92 Å². The number of carboxylic acid groups (broad SMARTS) is 1. The summed E-state index contributed by atoms with van der Waals surface area (Å²) >= 11 is 0. The number of carboxylic acids is 1. The fraction of sp³-hybridized carbons (Fsp3) is 0.158. The lowest BCUT2D eigenvalue weighted by atomic mass is 9.92. The largest absolute Gasteiger partial charge is 0.478 e. The summed E-state index contributed by atoms with van der Waals surface area (Å²) in [7, 11) is 0. The molecule has 0 heterocycles. The Morgan fingerprint density at radius 1 is 0.957 bits per heavy atom. The van der Waals surface area contributed by atoms with Gasteiger partial charge < -0.3 is 10.4 Å². The van der Waals surface area contributed by atoms with E-state index in [4.69, 9.17) is 5.11 Å². The van der Waals surface area contributed by atoms with Crippen molar-refractivity contribution in [3.8, 4) is 0 Å². The van der Waals surface area contributed by atoms with Crippen molar-refractivity contribution in [1.82, 2.24) is 5.32 Å². The molecule has 2 aromatic rings. The molecule has 4 nitrogen and oxygen atoms in total. The fourth-order valence-corrected chi connectivity index (χ4v) is 2.36. The van der Waals surface area contributed by atoms with Gasteiger partial charge in [-0.3, -0.25) is 4.79 Å². The van der Waals surface area contributed by atoms with Crippen molar-refractivity contribution >= 4 is 11.9 Å². The van der Waals surface area contributed by atoms with Crippen LogP contribution in [0.2, 0.25) is 0 Å². The zero-order chi connectivity index (χ0) is 16.5. The third kappa shape index (κ3) is 5.79. The number of benzene rings is 2. The molecule has 2 N–H and O–H groups in total. The van der Waals surface area contributed by atoms with E-state index in [1.54, 1.807) is 0 Å². The summed E-state index contributed by atoms with van der Waals surface area (Å²) in [6.07, 6.45) is 2.67. The van der Waals surface area contributed by atoms with Gasteiger partial charge in [-0.25, -0.2) is 4.79 Å². The second-order valence-electron chi connectivity index (χ2n) is 5.21. The molecule has 1 amide bonds. The van der Waals surface area contributed by atoms with Crippen molar-refractivity contribution in [2.45, 2.75) is 12.3 Å². The lowest BCUT2D eigenvalue weighted by Crippen LogP contribution is -2.28. The summed E-state index contributed by atoms with van der Waals surface area (Å²) in [6, 6.07) is 20.0. The van der Waals surface area contributed by atoms with Crippen molar-refractivity contribution in [3.05, 3.63) is 83.9 Å². The number of carbonyl (C=O) groups excluding carboxylic acids is 1. The van der Waals surface area contributed by atoms with Crippen LogP contribution in [-0.4, -0.2) is 23.5 Å². The zero-order valence-corrected chi connectivity index (χ0v) is 12.7. The molecule has 0 spiro atoms. The molecule has 0 aliphatic rings. The molecule has 118 valence electrons. The summed E-state index contributed by atoms with van der Waals surface area (Å²) in [6.45, 7) is 0.446. The van der Waals surface area contributed by atoms with Crippen molar-refractivity contribution in [1.29, 1.82) is 0 Å². The lowest BCUT2D eigenvalue weighted by molar-refractivity contribution is -0.131. The van der Waals surface area contributed by atoms with Crippen molar-refractivity contribution < 1.29 is 14.7 Å². The van der Waals surface area contributed by atoms with Crippen LogP contribution in [0.3, 0.4) is 0 Å². The molecule has 2 rings (SSSR count). The van der Waals surface area contributed by atoms with Crippen LogP contribution < -0.4 is 5.32 Å². The molecule has 4 heteroatoms. The highest BCUT2D eigenvalue weighted by molar-refractivity contribution is 5.93. The molecule has 1 atom stereocenters. The number of amides is 1. The highest BCUT2D eigenvalue weighted by Gasteiger charge is 2.13. The summed E-state index contributed by atoms with van der Waals surface area (Å²) in [4.78, 5) is 22.1. The maximum absolute atomic E-state index is 11.7. The molecule has 23 heavy (non-hydrogen) atoms. The highest BCUT2D eigenvalue weighted by atomic mass is 16.4. The van der Waals surface area contributed by atoms with Crippen LogP contribution in [0.25, 0.3) is 0 Å². The molecule has 0 bridgehead atoms. The average molecular weight is 309 g/mol. The zero-order valence-electron chi connectivity index (χ0n) is 12.7. The smallest absolute Gasteiger partial charge is 0.328 e. The molecule has 0 radical (unpaired) electrons. The Balaban J connectivity index is 2.05. The number of nitrogens with one attached hydrogen (secondary N) is 1. The minimum absolute atomic E-state index is 0.126. The third-order valence-electron chi connectivity index (χ3n) is 3.50. The molecule has 0 saturated carbocycles. The first-order valence-electron chi connectivity index (χ1n) is 7.43. The van der Waals surface area contributed by atoms with Gasteiger partial charge in [0.1, 0.15) is 0 Å². The van der Waals surface area contributed by atoms with E-state index in [2.05, 4.69) is 17.4 Å². The van der Waals surface area contributed by atoms with Gasteiger partial charge in [0, 0.05) is 24.6 Å². The van der Waals surface area contributed by atoms with Gasteiger partial charge in [-0.1, -0.05) is 60.7 Å². The molecule has 0 aliphatic carbocycles. The summed E-state index contributed by atoms with van der Waals surface area (Å²) in [5, 5.41) is 11.3. The topological polar surface area (TPSA) is 66.4 Å². The Morgan fingerprint density at radius 3 is 2.17 bits per heavy atom. The average Bonchev–Trinajstić information content (AvgIpc) is 2.58. The van der Waals surface area contributed by atoms with E-state index in [0.717, 1.165) is 24.1 Å². The Labute approximate surface area is 135 Å². The van der Waals surface area contributed by atoms with Crippen LogP contribution in [0.5, 0.6) is 0 Å². The molecular weight excluding hydrogens is 290 g/mol. The second kappa shape index (κ2) is 8.54. The van der Waals surface area contributed by atoms with E-state index >= 15 is 0 Å². The summed E-state index contributed by atoms with van der Waals surface area (Å²) in [5.41, 5.74) is 2.33. The van der Waals surface area contributed by atoms with Crippen LogP contribution in [0.4, 0.5) is 0 Å². The number of hydrogen-bond donors (Lipinski definition) is 2. The molecule has 2 aromatic carbocycles. The highest BCUT2D eigenvalue weighted by Crippen LogP contribution is 2.20. The summed E-state index contributed by atoms with van der Waals surface area (Å²) < 4.78 is 0. The monoisotopic (exact) mass is 309 g/mol. The van der Waals surface area contributed by atoms with Gasteiger partial charge in [-0.2, -0.15) is 0 Å². The molecular formula is C19H19NO3. The van der Waals surface area contributed by atoms with Crippen LogP contribution in [0.1, 0.15) is 17.0 Å². The van der Waals surface area contributed by atoms with Gasteiger partial charge in [0.05, 0.1) is 0 Å². The van der Waals surface area contributed by atoms with Gasteiger partial charge in [-0.05, 0) is 17.5 Å². The first-order valence-corrected chi connectivity index (χ1v) is 7.43. The normalized spacial score (nSPS) is 12.0. The fourth-order valence-electron chi connectivity index (χ4n) is 2.36. The minimum Gasteiger partial charge on any atom is -0.478 e. The van der Waals surface area contributed by atoms with Crippen LogP contribution >= 0.6 is 0 Å². The molecule has 0 aliphatic heterocycles. The van der Waals surface area contributed by atoms with E-state index in [0.29, 0.717) is 6.54 Å². The standard InChI is InChI=1S/C19H19NO3/c21-18(11-12-19(22)23)20-14-17(16-9-5-2-6-10-16)13-15-7-3-1-4-8-15/h1-12,17H,13-14H2,(H,20,21)(H,22,23)/b12-11-/t17-/m1/s1. The Hall–Kier alpha value is -2.88. The van der Waals surface area contributed by atoms with Crippen LogP contribution in [-0.2, 0) is 16.0 Å². The van der Waals surface area contributed by atoms with E-state index in [1.165, 1.54) is 5.56 Å². The van der Waals surface area contributed by atoms with Gasteiger partial charge in [0.15, 0.2) is 0 Å². The van der Waals surface area contributed by atoms with Crippen molar-refractivity contribution in [2.75, 3.05) is 6.54 Å². The molecule has 0 fully saturated rings. The Kier molecular flexibility index (Phi) is 6.12. The van der Waals surface area contributed by atoms with Gasteiger partial charge >= 0.3 is 5.97 Å². The SMILES string of the molecule is O=C(O)/C=C\C(=O)NC[C@@H](Cc1ccccc1)c1ccccc1. The van der Waals surface area contributed by atoms with E-state index in [9.17, 15) is 9.59 Å². The van der Waals surface area contributed by atoms with Gasteiger partial charge in [-0.15, -0.1) is 0 Å². The maximum Gasteiger partial charge on any atom is 0.328 e. The summed E-state index contributed by atoms with van der Waals surface area (Å²) in [5.74, 6) is -1.41. The Bertz CT molecular complexity index is 666. The molecule has 0 saturated heterocycles. The molecule has 0 unspecified atom stereocenters. The number of aliphatic carboxylic acids is 1. The van der Waals surface area contributed by atoms with E-state index in [1.807, 2.05) is 48.5 Å².